The van der Waals surface area contributed by atoms with Crippen molar-refractivity contribution in [3.63, 3.8) is 0 Å². The van der Waals surface area contributed by atoms with E-state index < -0.39 is 22.9 Å². The van der Waals surface area contributed by atoms with Crippen LogP contribution in [0.15, 0.2) is 42.6 Å². The van der Waals surface area contributed by atoms with Crippen LogP contribution >= 0.6 is 0 Å². The second-order valence-corrected chi connectivity index (χ2v) is 12.8. The molecule has 9 nitrogen and oxygen atoms in total. The standard InChI is InChI=1S/C33H41FN4O5/c1-21-18-25(23-12-16-38(17-13-23)31(41)43-33(5,6)7)26(34)19-28(21)36-29(39)27-9-8-24(20-35-27)22-10-14-37(15-11-22)30(40)42-32(2,3)4/h8-10,12,18-20H,11,13-17H2,1-7H3,(H,36,39). The Morgan fingerprint density at radius 1 is 0.860 bits per heavy atom. The number of aryl methyl sites for hydroxylation is 1. The van der Waals surface area contributed by atoms with E-state index in [-0.39, 0.29) is 17.9 Å². The number of nitrogens with one attached hydrogen (secondary N) is 1. The maximum absolute atomic E-state index is 15.2. The van der Waals surface area contributed by atoms with Gasteiger partial charge in [-0.15, -0.1) is 0 Å². The molecule has 0 saturated heterocycles. The lowest BCUT2D eigenvalue weighted by Crippen LogP contribution is -2.39. The number of carbonyl (C=O) groups excluding carboxylic acids is 3. The molecule has 2 aliphatic rings. The first kappa shape index (κ1) is 31.7. The van der Waals surface area contributed by atoms with Gasteiger partial charge in [0.25, 0.3) is 5.91 Å². The SMILES string of the molecule is Cc1cc(C2=CCN(C(=O)OC(C)(C)C)CC2)c(F)cc1NC(=O)c1ccc(C2=CCN(C(=O)OC(C)(C)C)CC2)cn1. The number of nitrogens with zero attached hydrogens (tertiary/aromatic N) is 3. The van der Waals surface area contributed by atoms with E-state index in [0.29, 0.717) is 55.8 Å². The quantitative estimate of drug-likeness (QED) is 0.418. The molecule has 0 bridgehead atoms. The van der Waals surface area contributed by atoms with Crippen LogP contribution in [0.3, 0.4) is 0 Å². The first-order chi connectivity index (χ1) is 20.1. The van der Waals surface area contributed by atoms with E-state index in [1.807, 2.05) is 66.7 Å². The molecule has 4 rings (SSSR count). The molecule has 0 fully saturated rings. The van der Waals surface area contributed by atoms with Gasteiger partial charge in [-0.3, -0.25) is 9.78 Å². The van der Waals surface area contributed by atoms with Crippen LogP contribution in [0.1, 0.15) is 81.6 Å². The van der Waals surface area contributed by atoms with Crippen molar-refractivity contribution in [3.05, 3.63) is 70.8 Å². The smallest absolute Gasteiger partial charge is 0.410 e. The normalized spacial score (nSPS) is 15.8. The van der Waals surface area contributed by atoms with Gasteiger partial charge in [0.1, 0.15) is 22.7 Å². The number of pyridine rings is 1. The number of benzene rings is 1. The largest absolute Gasteiger partial charge is 0.444 e. The van der Waals surface area contributed by atoms with Gasteiger partial charge in [-0.25, -0.2) is 14.0 Å². The van der Waals surface area contributed by atoms with Crippen LogP contribution in [0.5, 0.6) is 0 Å². The molecule has 1 aromatic carbocycles. The average molecular weight is 593 g/mol. The number of hydrogen-bond acceptors (Lipinski definition) is 6. The van der Waals surface area contributed by atoms with Crippen molar-refractivity contribution in [3.8, 4) is 0 Å². The fourth-order valence-electron chi connectivity index (χ4n) is 4.80. The van der Waals surface area contributed by atoms with Crippen LogP contribution in [0.2, 0.25) is 0 Å². The molecule has 0 unspecified atom stereocenters. The van der Waals surface area contributed by atoms with Crippen LogP contribution < -0.4 is 5.32 Å². The molecule has 0 aliphatic carbocycles. The maximum Gasteiger partial charge on any atom is 0.410 e. The number of amides is 3. The van der Waals surface area contributed by atoms with Crippen LogP contribution in [-0.2, 0) is 9.47 Å². The van der Waals surface area contributed by atoms with Gasteiger partial charge >= 0.3 is 12.2 Å². The summed E-state index contributed by atoms with van der Waals surface area (Å²) in [6.07, 6.45) is 5.85. The molecule has 1 aromatic heterocycles. The van der Waals surface area contributed by atoms with Crippen molar-refractivity contribution in [2.45, 2.75) is 72.5 Å². The first-order valence-electron chi connectivity index (χ1n) is 14.5. The number of aromatic nitrogens is 1. The third kappa shape index (κ3) is 8.43. The number of carbonyl (C=O) groups is 3. The van der Waals surface area contributed by atoms with E-state index in [1.165, 1.54) is 6.07 Å². The number of ether oxygens (including phenoxy) is 2. The summed E-state index contributed by atoms with van der Waals surface area (Å²) in [7, 11) is 0. The van der Waals surface area contributed by atoms with Crippen molar-refractivity contribution >= 4 is 34.9 Å². The summed E-state index contributed by atoms with van der Waals surface area (Å²) < 4.78 is 26.1. The topological polar surface area (TPSA) is 101 Å². The lowest BCUT2D eigenvalue weighted by molar-refractivity contribution is 0.0260. The van der Waals surface area contributed by atoms with E-state index in [9.17, 15) is 14.4 Å². The summed E-state index contributed by atoms with van der Waals surface area (Å²) in [6, 6.07) is 6.49. The highest BCUT2D eigenvalue weighted by Gasteiger charge is 2.26. The van der Waals surface area contributed by atoms with Crippen LogP contribution in [0.25, 0.3) is 11.1 Å². The second kappa shape index (κ2) is 12.6. The van der Waals surface area contributed by atoms with Crippen LogP contribution in [-0.4, -0.2) is 70.3 Å². The van der Waals surface area contributed by atoms with Crippen molar-refractivity contribution in [2.75, 3.05) is 31.5 Å². The van der Waals surface area contributed by atoms with E-state index in [4.69, 9.17) is 9.47 Å². The first-order valence-corrected chi connectivity index (χ1v) is 14.5. The second-order valence-electron chi connectivity index (χ2n) is 12.8. The van der Waals surface area contributed by atoms with Gasteiger partial charge in [-0.05, 0) is 102 Å². The molecule has 10 heteroatoms. The zero-order chi connectivity index (χ0) is 31.5. The molecule has 3 amide bonds. The minimum absolute atomic E-state index is 0.205. The van der Waals surface area contributed by atoms with Crippen molar-refractivity contribution in [2.24, 2.45) is 0 Å². The number of anilines is 1. The Labute approximate surface area is 252 Å². The van der Waals surface area contributed by atoms with Crippen LogP contribution in [0, 0.1) is 12.7 Å². The Morgan fingerprint density at radius 3 is 1.88 bits per heavy atom. The zero-order valence-corrected chi connectivity index (χ0v) is 26.0. The summed E-state index contributed by atoms with van der Waals surface area (Å²) >= 11 is 0. The molecule has 43 heavy (non-hydrogen) atoms. The Morgan fingerprint density at radius 2 is 1.42 bits per heavy atom. The third-order valence-electron chi connectivity index (χ3n) is 7.00. The summed E-state index contributed by atoms with van der Waals surface area (Å²) in [4.78, 5) is 45.2. The van der Waals surface area contributed by atoms with Crippen molar-refractivity contribution < 1.29 is 28.2 Å². The number of hydrogen-bond donors (Lipinski definition) is 1. The molecule has 230 valence electrons. The predicted octanol–water partition coefficient (Wildman–Crippen LogP) is 6.83. The summed E-state index contributed by atoms with van der Waals surface area (Å²) in [5.74, 6) is -0.897. The molecule has 0 atom stereocenters. The molecule has 0 spiro atoms. The molecule has 3 heterocycles. The van der Waals surface area contributed by atoms with Gasteiger partial charge in [0.05, 0.1) is 0 Å². The lowest BCUT2D eigenvalue weighted by atomic mass is 9.96. The minimum Gasteiger partial charge on any atom is -0.444 e. The van der Waals surface area contributed by atoms with E-state index in [2.05, 4.69) is 10.3 Å². The fraction of sp³-hybridized carbons (Fsp3) is 0.455. The third-order valence-corrected chi connectivity index (χ3v) is 7.00. The highest BCUT2D eigenvalue weighted by molar-refractivity contribution is 6.03. The molecular formula is C33H41FN4O5. The molecule has 0 radical (unpaired) electrons. The maximum atomic E-state index is 15.2. The summed E-state index contributed by atoms with van der Waals surface area (Å²) in [5, 5.41) is 2.77. The van der Waals surface area contributed by atoms with Gasteiger partial charge in [0, 0.05) is 43.6 Å². The Balaban J connectivity index is 1.37. The van der Waals surface area contributed by atoms with E-state index in [0.717, 1.165) is 16.7 Å². The summed E-state index contributed by atoms with van der Waals surface area (Å²) in [6.45, 7) is 14.5. The van der Waals surface area contributed by atoms with E-state index in [1.54, 1.807) is 28.1 Å². The van der Waals surface area contributed by atoms with Gasteiger partial charge < -0.3 is 24.6 Å². The molecule has 2 aliphatic heterocycles. The Hall–Kier alpha value is -4.21. The molecule has 1 N–H and O–H groups in total. The Kier molecular flexibility index (Phi) is 9.27. The Bertz CT molecular complexity index is 1450. The zero-order valence-electron chi connectivity index (χ0n) is 26.0. The number of halogens is 1. The fourth-order valence-corrected chi connectivity index (χ4v) is 4.80. The van der Waals surface area contributed by atoms with Gasteiger partial charge in [0.2, 0.25) is 0 Å². The molecule has 0 saturated carbocycles. The lowest BCUT2D eigenvalue weighted by Gasteiger charge is -2.29. The van der Waals surface area contributed by atoms with Crippen molar-refractivity contribution in [1.29, 1.82) is 0 Å². The predicted molar refractivity (Wildman–Crippen MR) is 164 cm³/mol. The van der Waals surface area contributed by atoms with E-state index >= 15 is 4.39 Å². The average Bonchev–Trinajstić information content (AvgIpc) is 2.93. The van der Waals surface area contributed by atoms with Gasteiger partial charge in [-0.1, -0.05) is 18.2 Å². The highest BCUT2D eigenvalue weighted by Crippen LogP contribution is 2.30. The van der Waals surface area contributed by atoms with Crippen molar-refractivity contribution in [1.82, 2.24) is 14.8 Å². The summed E-state index contributed by atoms with van der Waals surface area (Å²) in [5.41, 5.74) is 3.32. The van der Waals surface area contributed by atoms with Gasteiger partial charge in [-0.2, -0.15) is 0 Å². The monoisotopic (exact) mass is 592 g/mol. The molecular weight excluding hydrogens is 551 g/mol. The van der Waals surface area contributed by atoms with Crippen LogP contribution in [0.4, 0.5) is 19.7 Å². The molecule has 2 aromatic rings. The minimum atomic E-state index is -0.581. The van der Waals surface area contributed by atoms with Gasteiger partial charge in [0.15, 0.2) is 0 Å². The number of rotatable bonds is 4. The highest BCUT2D eigenvalue weighted by atomic mass is 19.1.